The molecule has 0 aromatic heterocycles. The first-order chi connectivity index (χ1) is 21.8. The van der Waals surface area contributed by atoms with Crippen molar-refractivity contribution >= 4 is 40.1 Å². The molecule has 2 aliphatic heterocycles. The summed E-state index contributed by atoms with van der Waals surface area (Å²) in [4.78, 5) is 59.4. The number of hydrogen-bond acceptors (Lipinski definition) is 5. The molecule has 7 nitrogen and oxygen atoms in total. The van der Waals surface area contributed by atoms with E-state index in [1.54, 1.807) is 24.3 Å². The molecule has 0 spiro atoms. The van der Waals surface area contributed by atoms with Crippen LogP contribution in [0.3, 0.4) is 0 Å². The summed E-state index contributed by atoms with van der Waals surface area (Å²) in [5.41, 5.74) is 1.58. The van der Waals surface area contributed by atoms with E-state index in [1.807, 2.05) is 85.8 Å². The number of amides is 4. The SMILES string of the molecule is CC12C(=O)N(c3ccccc3)C(=O)C1CC1C(=CCC3C(=O)N(Cc4ccccc4)C(=O)C31)C2c1ccc2ccccc2c1O. The number of para-hydroxylation sites is 1. The first-order valence-corrected chi connectivity index (χ1v) is 15.5. The van der Waals surface area contributed by atoms with Gasteiger partial charge >= 0.3 is 0 Å². The van der Waals surface area contributed by atoms with Crippen LogP contribution in [0.4, 0.5) is 5.69 Å². The number of allylic oxidation sites excluding steroid dienone is 2. The van der Waals surface area contributed by atoms with E-state index in [4.69, 9.17) is 0 Å². The second-order valence-electron chi connectivity index (χ2n) is 13.0. The molecule has 224 valence electrons. The molecule has 2 aliphatic carbocycles. The van der Waals surface area contributed by atoms with Crippen LogP contribution in [0.5, 0.6) is 5.75 Å². The number of benzene rings is 4. The van der Waals surface area contributed by atoms with Crippen molar-refractivity contribution in [2.75, 3.05) is 4.90 Å². The maximum Gasteiger partial charge on any atom is 0.241 e. The van der Waals surface area contributed by atoms with E-state index in [1.165, 1.54) is 9.80 Å². The quantitative estimate of drug-likeness (QED) is 0.231. The molecule has 6 unspecified atom stereocenters. The van der Waals surface area contributed by atoms with Gasteiger partial charge in [0, 0.05) is 16.9 Å². The van der Waals surface area contributed by atoms with Crippen molar-refractivity contribution in [3.8, 4) is 5.75 Å². The predicted octanol–water partition coefficient (Wildman–Crippen LogP) is 5.98. The summed E-state index contributed by atoms with van der Waals surface area (Å²) < 4.78 is 0. The second-order valence-corrected chi connectivity index (χ2v) is 13.0. The smallest absolute Gasteiger partial charge is 0.241 e. The van der Waals surface area contributed by atoms with Crippen LogP contribution >= 0.6 is 0 Å². The van der Waals surface area contributed by atoms with Crippen molar-refractivity contribution in [1.29, 1.82) is 0 Å². The fraction of sp³-hybridized carbons (Fsp3) is 0.263. The molecule has 1 saturated carbocycles. The van der Waals surface area contributed by atoms with E-state index in [0.717, 1.165) is 16.5 Å². The van der Waals surface area contributed by atoms with E-state index in [9.17, 15) is 24.3 Å². The average Bonchev–Trinajstić information content (AvgIpc) is 3.42. The van der Waals surface area contributed by atoms with Gasteiger partial charge in [0.25, 0.3) is 0 Å². The number of likely N-dealkylation sites (tertiary alicyclic amines) is 1. The lowest BCUT2D eigenvalue weighted by atomic mass is 9.51. The highest BCUT2D eigenvalue weighted by atomic mass is 16.3. The number of phenols is 1. The molecule has 1 N–H and O–H groups in total. The Bertz CT molecular complexity index is 1940. The largest absolute Gasteiger partial charge is 0.507 e. The summed E-state index contributed by atoms with van der Waals surface area (Å²) in [7, 11) is 0. The number of fused-ring (bicyclic) bond motifs is 5. The number of aromatic hydroxyl groups is 1. The van der Waals surface area contributed by atoms with Gasteiger partial charge in [-0.15, -0.1) is 0 Å². The Kier molecular flexibility index (Phi) is 6.11. The second kappa shape index (κ2) is 9.99. The maximum absolute atomic E-state index is 14.6. The molecule has 4 aliphatic rings. The standard InChI is InChI=1S/C38H32N2O5/c1-38-30(35(43)40(37(38)45)24-13-6-3-7-14-24)20-29-26(32(38)28-17-16-23-12-8-9-15-25(23)33(28)41)18-19-27-31(29)36(44)39(34(27)42)21-22-10-4-2-5-11-22/h2-18,27,29-32,41H,19-21H2,1H3. The van der Waals surface area contributed by atoms with Crippen molar-refractivity contribution in [2.45, 2.75) is 32.2 Å². The van der Waals surface area contributed by atoms with Crippen molar-refractivity contribution in [3.05, 3.63) is 120 Å². The third kappa shape index (κ3) is 3.82. The van der Waals surface area contributed by atoms with Gasteiger partial charge in [-0.2, -0.15) is 0 Å². The first-order valence-electron chi connectivity index (χ1n) is 15.5. The molecular weight excluding hydrogens is 564 g/mol. The van der Waals surface area contributed by atoms with Gasteiger partial charge in [0.1, 0.15) is 5.75 Å². The van der Waals surface area contributed by atoms with Crippen molar-refractivity contribution in [2.24, 2.45) is 29.1 Å². The van der Waals surface area contributed by atoms with Gasteiger partial charge in [-0.1, -0.05) is 96.6 Å². The molecule has 8 rings (SSSR count). The lowest BCUT2D eigenvalue weighted by Gasteiger charge is -2.49. The van der Waals surface area contributed by atoms with E-state index in [0.29, 0.717) is 23.1 Å². The average molecular weight is 597 g/mol. The summed E-state index contributed by atoms with van der Waals surface area (Å²) in [5.74, 6) is -3.97. The number of imide groups is 2. The number of anilines is 1. The number of rotatable bonds is 4. The molecule has 0 radical (unpaired) electrons. The Balaban J connectivity index is 1.28. The van der Waals surface area contributed by atoms with Crippen LogP contribution in [-0.4, -0.2) is 33.6 Å². The van der Waals surface area contributed by atoms with Crippen molar-refractivity contribution in [1.82, 2.24) is 4.90 Å². The fourth-order valence-electron chi connectivity index (χ4n) is 8.67. The molecule has 4 amide bonds. The van der Waals surface area contributed by atoms with Crippen LogP contribution in [0, 0.1) is 29.1 Å². The highest BCUT2D eigenvalue weighted by Gasteiger charge is 2.67. The zero-order valence-corrected chi connectivity index (χ0v) is 24.8. The van der Waals surface area contributed by atoms with Gasteiger partial charge in [-0.25, -0.2) is 4.90 Å². The maximum atomic E-state index is 14.6. The lowest BCUT2D eigenvalue weighted by Crippen LogP contribution is -2.48. The Morgan fingerprint density at radius 3 is 2.22 bits per heavy atom. The van der Waals surface area contributed by atoms with Crippen LogP contribution < -0.4 is 4.90 Å². The van der Waals surface area contributed by atoms with E-state index >= 15 is 0 Å². The summed E-state index contributed by atoms with van der Waals surface area (Å²) in [6.45, 7) is 2.04. The van der Waals surface area contributed by atoms with Crippen LogP contribution in [0.25, 0.3) is 10.8 Å². The number of phenolic OH excluding ortho intramolecular Hbond substituents is 1. The third-order valence-corrected chi connectivity index (χ3v) is 10.8. The van der Waals surface area contributed by atoms with Crippen LogP contribution in [-0.2, 0) is 25.7 Å². The molecule has 7 heteroatoms. The van der Waals surface area contributed by atoms with Gasteiger partial charge in [0.05, 0.1) is 35.4 Å². The summed E-state index contributed by atoms with van der Waals surface area (Å²) in [6, 6.07) is 29.7. The monoisotopic (exact) mass is 596 g/mol. The lowest BCUT2D eigenvalue weighted by molar-refractivity contribution is -0.141. The first kappa shape index (κ1) is 27.5. The minimum absolute atomic E-state index is 0.0692. The molecule has 4 aromatic carbocycles. The number of hydrogen-bond donors (Lipinski definition) is 1. The Morgan fingerprint density at radius 1 is 0.778 bits per heavy atom. The zero-order valence-electron chi connectivity index (χ0n) is 24.8. The summed E-state index contributed by atoms with van der Waals surface area (Å²) >= 11 is 0. The van der Waals surface area contributed by atoms with Gasteiger partial charge in [-0.3, -0.25) is 24.1 Å². The van der Waals surface area contributed by atoms with E-state index in [-0.39, 0.29) is 42.3 Å². The normalized spacial score (nSPS) is 29.1. The molecule has 6 atom stereocenters. The number of nitrogens with zero attached hydrogens (tertiary/aromatic N) is 2. The molecule has 4 aromatic rings. The minimum atomic E-state index is -1.21. The molecule has 3 fully saturated rings. The topological polar surface area (TPSA) is 95.0 Å². The third-order valence-electron chi connectivity index (χ3n) is 10.8. The fourth-order valence-corrected chi connectivity index (χ4v) is 8.67. The van der Waals surface area contributed by atoms with Gasteiger partial charge in [-0.05, 0) is 48.8 Å². The Labute approximate surface area is 260 Å². The van der Waals surface area contributed by atoms with Gasteiger partial charge in [0.2, 0.25) is 23.6 Å². The number of carbonyl (C=O) groups is 4. The van der Waals surface area contributed by atoms with Crippen LogP contribution in [0.1, 0.15) is 36.8 Å². The van der Waals surface area contributed by atoms with E-state index < -0.39 is 35.0 Å². The van der Waals surface area contributed by atoms with Gasteiger partial charge in [0.15, 0.2) is 0 Å². The van der Waals surface area contributed by atoms with Crippen molar-refractivity contribution < 1.29 is 24.3 Å². The van der Waals surface area contributed by atoms with Crippen LogP contribution in [0.2, 0.25) is 0 Å². The molecule has 2 saturated heterocycles. The highest BCUT2D eigenvalue weighted by Crippen LogP contribution is 2.64. The highest BCUT2D eigenvalue weighted by molar-refractivity contribution is 6.24. The zero-order chi connectivity index (χ0) is 31.0. The van der Waals surface area contributed by atoms with E-state index in [2.05, 4.69) is 0 Å². The van der Waals surface area contributed by atoms with Crippen LogP contribution in [0.15, 0.2) is 109 Å². The molecular formula is C38H32N2O5. The Hall–Kier alpha value is -5.04. The predicted molar refractivity (Wildman–Crippen MR) is 169 cm³/mol. The Morgan fingerprint density at radius 2 is 1.47 bits per heavy atom. The van der Waals surface area contributed by atoms with Crippen molar-refractivity contribution in [3.63, 3.8) is 0 Å². The summed E-state index contributed by atoms with van der Waals surface area (Å²) in [5, 5.41) is 13.3. The summed E-state index contributed by atoms with van der Waals surface area (Å²) in [6.07, 6.45) is 2.66. The molecule has 45 heavy (non-hydrogen) atoms. The van der Waals surface area contributed by atoms with Gasteiger partial charge < -0.3 is 5.11 Å². The minimum Gasteiger partial charge on any atom is -0.507 e. The molecule has 2 heterocycles. The molecule has 0 bridgehead atoms. The number of carbonyl (C=O) groups excluding carboxylic acids is 4.